The lowest BCUT2D eigenvalue weighted by Gasteiger charge is -2.17. The van der Waals surface area contributed by atoms with Gasteiger partial charge in [-0.15, -0.1) is 0 Å². The van der Waals surface area contributed by atoms with Crippen molar-refractivity contribution in [2.75, 3.05) is 0 Å². The summed E-state index contributed by atoms with van der Waals surface area (Å²) in [6.45, 7) is 0. The van der Waals surface area contributed by atoms with Crippen molar-refractivity contribution in [3.8, 4) is 0 Å². The maximum atomic E-state index is 11.9. The van der Waals surface area contributed by atoms with Crippen LogP contribution in [0.25, 0.3) is 16.7 Å². The number of allylic oxidation sites excluding steroid dienone is 8. The smallest absolute Gasteiger partial charge is 0.328 e. The van der Waals surface area contributed by atoms with Gasteiger partial charge in [-0.25, -0.2) is 14.8 Å². The minimum absolute atomic E-state index is 0.181. The Kier molecular flexibility index (Phi) is 8.10. The molecule has 4 aromatic carbocycles. The molecule has 4 aliphatic rings. The van der Waals surface area contributed by atoms with Crippen LogP contribution in [0, 0.1) is 0 Å². The summed E-state index contributed by atoms with van der Waals surface area (Å²) in [5, 5.41) is 9.76. The monoisotopic (exact) mass is 684 g/mol. The SMILES string of the molecule is O=C(O)/C=C/C1=CC2=NC1=C(c1ccccc1)C1=NC(=C(c3ccccc3)c3ccc([nH]3)C(c3ccccc3)C3=NC(=C2c2ccccc2)C=C3)C=C1. The van der Waals surface area contributed by atoms with Gasteiger partial charge in [-0.05, 0) is 70.8 Å². The number of aliphatic carboxylic acids is 1. The molecule has 53 heavy (non-hydrogen) atoms. The summed E-state index contributed by atoms with van der Waals surface area (Å²) >= 11 is 0. The zero-order valence-corrected chi connectivity index (χ0v) is 28.5. The first-order chi connectivity index (χ1) is 26.1. The topological polar surface area (TPSA) is 90.2 Å². The van der Waals surface area contributed by atoms with Crippen LogP contribution < -0.4 is 0 Å². The summed E-state index contributed by atoms with van der Waals surface area (Å²) in [4.78, 5) is 31.8. The molecule has 6 heteroatoms. The first kappa shape index (κ1) is 31.8. The molecular weight excluding hydrogens is 653 g/mol. The Balaban J connectivity index is 1.39. The highest BCUT2D eigenvalue weighted by molar-refractivity contribution is 6.36. The van der Waals surface area contributed by atoms with Gasteiger partial charge in [0.15, 0.2) is 0 Å². The second-order valence-electron chi connectivity index (χ2n) is 13.0. The molecule has 0 amide bonds. The lowest BCUT2D eigenvalue weighted by molar-refractivity contribution is -0.131. The van der Waals surface area contributed by atoms with E-state index in [1.807, 2.05) is 84.9 Å². The predicted molar refractivity (Wildman–Crippen MR) is 214 cm³/mol. The molecule has 0 aliphatic carbocycles. The minimum Gasteiger partial charge on any atom is -0.478 e. The number of carbonyl (C=O) groups is 1. The molecule has 5 heterocycles. The summed E-state index contributed by atoms with van der Waals surface area (Å²) in [6, 6.07) is 45.2. The Bertz CT molecular complexity index is 2590. The molecule has 252 valence electrons. The molecule has 0 saturated heterocycles. The number of aromatic amines is 1. The highest BCUT2D eigenvalue weighted by Gasteiger charge is 2.30. The summed E-state index contributed by atoms with van der Waals surface area (Å²) in [7, 11) is 0. The molecule has 4 aliphatic heterocycles. The van der Waals surface area contributed by atoms with Crippen molar-refractivity contribution in [3.63, 3.8) is 0 Å². The van der Waals surface area contributed by atoms with Crippen molar-refractivity contribution < 1.29 is 9.90 Å². The van der Waals surface area contributed by atoms with Crippen molar-refractivity contribution in [1.82, 2.24) is 4.98 Å². The van der Waals surface area contributed by atoms with E-state index in [4.69, 9.17) is 15.0 Å². The summed E-state index contributed by atoms with van der Waals surface area (Å²) in [5.41, 5.74) is 13.7. The molecule has 9 rings (SSSR count). The van der Waals surface area contributed by atoms with Gasteiger partial charge in [0, 0.05) is 39.8 Å². The molecule has 1 unspecified atom stereocenters. The molecule has 1 atom stereocenters. The number of aliphatic imine (C=N–C) groups is 3. The van der Waals surface area contributed by atoms with Gasteiger partial charge in [-0.2, -0.15) is 0 Å². The third kappa shape index (κ3) is 6.02. The van der Waals surface area contributed by atoms with Crippen LogP contribution in [0.1, 0.15) is 39.6 Å². The van der Waals surface area contributed by atoms with E-state index in [9.17, 15) is 9.90 Å². The molecule has 0 saturated carbocycles. The van der Waals surface area contributed by atoms with Gasteiger partial charge in [0.05, 0.1) is 40.1 Å². The number of hydrogen-bond donors (Lipinski definition) is 2. The van der Waals surface area contributed by atoms with Gasteiger partial charge in [-0.3, -0.25) is 4.99 Å². The highest BCUT2D eigenvalue weighted by Crippen LogP contribution is 2.40. The maximum absolute atomic E-state index is 11.9. The van der Waals surface area contributed by atoms with Crippen LogP contribution in [0.5, 0.6) is 0 Å². The second kappa shape index (κ2) is 13.5. The normalized spacial score (nSPS) is 17.8. The number of hydrogen-bond acceptors (Lipinski definition) is 4. The number of rotatable bonds is 6. The molecule has 0 radical (unpaired) electrons. The number of carboxylic acids is 1. The molecule has 0 fully saturated rings. The quantitative estimate of drug-likeness (QED) is 0.174. The second-order valence-corrected chi connectivity index (χ2v) is 13.0. The van der Waals surface area contributed by atoms with Crippen LogP contribution in [0.3, 0.4) is 0 Å². The van der Waals surface area contributed by atoms with Crippen LogP contribution in [0.15, 0.2) is 214 Å². The van der Waals surface area contributed by atoms with E-state index in [0.29, 0.717) is 17.0 Å². The number of nitrogens with one attached hydrogen (secondary N) is 1. The Morgan fingerprint density at radius 2 is 1.17 bits per heavy atom. The highest BCUT2D eigenvalue weighted by atomic mass is 16.4. The predicted octanol–water partition coefficient (Wildman–Crippen LogP) is 9.79. The van der Waals surface area contributed by atoms with Gasteiger partial charge >= 0.3 is 5.97 Å². The minimum atomic E-state index is -1.04. The zero-order valence-electron chi connectivity index (χ0n) is 28.5. The number of fused-ring (bicyclic) bond motifs is 5. The summed E-state index contributed by atoms with van der Waals surface area (Å²) in [6.07, 6.45) is 13.0. The van der Waals surface area contributed by atoms with E-state index in [1.165, 1.54) is 0 Å². The van der Waals surface area contributed by atoms with Gasteiger partial charge in [0.25, 0.3) is 0 Å². The summed E-state index contributed by atoms with van der Waals surface area (Å²) < 4.78 is 0. The first-order valence-electron chi connectivity index (χ1n) is 17.5. The number of H-pyrrole nitrogens is 1. The molecule has 1 aromatic heterocycles. The zero-order chi connectivity index (χ0) is 35.7. The lowest BCUT2D eigenvalue weighted by Crippen LogP contribution is -2.12. The third-order valence-corrected chi connectivity index (χ3v) is 9.67. The van der Waals surface area contributed by atoms with E-state index in [0.717, 1.165) is 79.3 Å². The molecule has 5 aromatic rings. The van der Waals surface area contributed by atoms with E-state index in [2.05, 4.69) is 83.9 Å². The third-order valence-electron chi connectivity index (χ3n) is 9.67. The van der Waals surface area contributed by atoms with E-state index < -0.39 is 5.97 Å². The van der Waals surface area contributed by atoms with Crippen molar-refractivity contribution in [3.05, 3.63) is 232 Å². The van der Waals surface area contributed by atoms with Crippen LogP contribution in [0.4, 0.5) is 0 Å². The molecule has 6 nitrogen and oxygen atoms in total. The Morgan fingerprint density at radius 1 is 0.585 bits per heavy atom. The Labute approximate surface area is 307 Å². The summed E-state index contributed by atoms with van der Waals surface area (Å²) in [5.74, 6) is -1.22. The van der Waals surface area contributed by atoms with E-state index >= 15 is 0 Å². The van der Waals surface area contributed by atoms with Crippen LogP contribution in [-0.2, 0) is 4.79 Å². The molecule has 8 bridgehead atoms. The fourth-order valence-corrected chi connectivity index (χ4v) is 7.34. The van der Waals surface area contributed by atoms with Gasteiger partial charge in [0.2, 0.25) is 0 Å². The van der Waals surface area contributed by atoms with E-state index in [1.54, 1.807) is 6.08 Å². The number of aromatic nitrogens is 1. The molecule has 0 spiro atoms. The fraction of sp³-hybridized carbons (Fsp3) is 0.0213. The van der Waals surface area contributed by atoms with Crippen molar-refractivity contribution in [2.24, 2.45) is 15.0 Å². The van der Waals surface area contributed by atoms with Gasteiger partial charge < -0.3 is 10.1 Å². The fourth-order valence-electron chi connectivity index (χ4n) is 7.34. The Morgan fingerprint density at radius 3 is 1.83 bits per heavy atom. The van der Waals surface area contributed by atoms with E-state index in [-0.39, 0.29) is 5.92 Å². The average Bonchev–Trinajstić information content (AvgIpc) is 4.03. The largest absolute Gasteiger partial charge is 0.478 e. The van der Waals surface area contributed by atoms with Crippen LogP contribution >= 0.6 is 0 Å². The average molecular weight is 685 g/mol. The first-order valence-corrected chi connectivity index (χ1v) is 17.5. The molecular formula is C47H32N4O2. The van der Waals surface area contributed by atoms with Gasteiger partial charge in [0.1, 0.15) is 0 Å². The van der Waals surface area contributed by atoms with Gasteiger partial charge in [-0.1, -0.05) is 121 Å². The Hall–Kier alpha value is -7.18. The lowest BCUT2D eigenvalue weighted by atomic mass is 9.91. The van der Waals surface area contributed by atoms with Crippen LogP contribution in [0.2, 0.25) is 0 Å². The van der Waals surface area contributed by atoms with Crippen LogP contribution in [-0.4, -0.2) is 33.2 Å². The van der Waals surface area contributed by atoms with Crippen molar-refractivity contribution >= 4 is 39.8 Å². The van der Waals surface area contributed by atoms with Crippen molar-refractivity contribution in [2.45, 2.75) is 5.92 Å². The maximum Gasteiger partial charge on any atom is 0.328 e. The number of nitrogens with zero attached hydrogens (tertiary/aromatic N) is 3. The van der Waals surface area contributed by atoms with Crippen molar-refractivity contribution in [1.29, 1.82) is 0 Å². The number of carboxylic acid groups (broad SMARTS) is 1. The standard InChI is InChI=1S/C47H32N4O2/c52-42(53)28-21-34-29-41-45(32-17-9-3-10-18-32)39-25-24-37(49-39)43(30-13-5-1-6-14-30)35-22-23-36(48-35)44(31-15-7-2-8-16-31)38-26-27-40(50-38)46(47(34)51-41)33-19-11-4-12-20-33/h1-29,43,48H,(H,52,53)/b28-21+,44-38?,45-39?,47-46?. The molecule has 2 N–H and O–H groups in total. The number of benzene rings is 4.